The maximum atomic E-state index is 3.80. The lowest BCUT2D eigenvalue weighted by Gasteiger charge is -2.27. The van der Waals surface area contributed by atoms with Gasteiger partial charge in [-0.15, -0.1) is 0 Å². The zero-order valence-corrected chi connectivity index (χ0v) is 12.1. The second-order valence-electron chi connectivity index (χ2n) is 5.10. The Kier molecular flexibility index (Phi) is 7.55. The Morgan fingerprint density at radius 3 is 2.50 bits per heavy atom. The average molecular weight is 243 g/mol. The Morgan fingerprint density at radius 1 is 1.25 bits per heavy atom. The molecule has 0 aromatic carbocycles. The van der Waals surface area contributed by atoms with Gasteiger partial charge in [0.15, 0.2) is 0 Å². The molecule has 2 atom stereocenters. The van der Waals surface area contributed by atoms with Crippen LogP contribution in [0, 0.1) is 11.8 Å². The van der Waals surface area contributed by atoms with Crippen LogP contribution in [-0.4, -0.2) is 24.1 Å². The van der Waals surface area contributed by atoms with E-state index < -0.39 is 0 Å². The third kappa shape index (κ3) is 4.67. The summed E-state index contributed by atoms with van der Waals surface area (Å²) in [7, 11) is 0. The first-order chi connectivity index (χ1) is 7.81. The summed E-state index contributed by atoms with van der Waals surface area (Å²) < 4.78 is 0. The monoisotopic (exact) mass is 243 g/mol. The first-order valence-corrected chi connectivity index (χ1v) is 8.28. The maximum Gasteiger partial charge on any atom is 0.0106 e. The van der Waals surface area contributed by atoms with Gasteiger partial charge in [0, 0.05) is 6.04 Å². The van der Waals surface area contributed by atoms with Gasteiger partial charge in [0.25, 0.3) is 0 Å². The minimum Gasteiger partial charge on any atom is -0.314 e. The summed E-state index contributed by atoms with van der Waals surface area (Å²) in [6.07, 6.45) is 6.80. The first-order valence-electron chi connectivity index (χ1n) is 7.12. The van der Waals surface area contributed by atoms with Crippen molar-refractivity contribution in [2.45, 2.75) is 58.9 Å². The third-order valence-electron chi connectivity index (χ3n) is 3.93. The Labute approximate surface area is 106 Å². The van der Waals surface area contributed by atoms with E-state index in [0.29, 0.717) is 0 Å². The van der Waals surface area contributed by atoms with E-state index in [-0.39, 0.29) is 0 Å². The molecule has 1 saturated heterocycles. The minimum absolute atomic E-state index is 0.792. The Morgan fingerprint density at radius 2 is 2.00 bits per heavy atom. The van der Waals surface area contributed by atoms with Crippen LogP contribution in [0.3, 0.4) is 0 Å². The molecule has 0 aliphatic carbocycles. The van der Waals surface area contributed by atoms with Crippen molar-refractivity contribution < 1.29 is 0 Å². The predicted molar refractivity (Wildman–Crippen MR) is 76.2 cm³/mol. The fourth-order valence-corrected chi connectivity index (χ4v) is 3.96. The zero-order chi connectivity index (χ0) is 11.8. The molecule has 1 rings (SSSR count). The summed E-state index contributed by atoms with van der Waals surface area (Å²) >= 11 is 2.15. The van der Waals surface area contributed by atoms with Crippen LogP contribution >= 0.6 is 11.8 Å². The zero-order valence-electron chi connectivity index (χ0n) is 11.3. The predicted octanol–water partition coefficient (Wildman–Crippen LogP) is 3.93. The highest BCUT2D eigenvalue weighted by molar-refractivity contribution is 7.99. The highest BCUT2D eigenvalue weighted by Crippen LogP contribution is 2.30. The first kappa shape index (κ1) is 14.4. The molecule has 1 fully saturated rings. The standard InChI is InChI=1S/C14H29NS/c1-4-8-15-14(10-12(5-2)6-3)13-7-9-16-11-13/h12-15H,4-11H2,1-3H3. The van der Waals surface area contributed by atoms with Crippen molar-refractivity contribution in [2.75, 3.05) is 18.1 Å². The second-order valence-corrected chi connectivity index (χ2v) is 6.25. The molecule has 1 nitrogen and oxygen atoms in total. The van der Waals surface area contributed by atoms with Crippen molar-refractivity contribution >= 4 is 11.8 Å². The van der Waals surface area contributed by atoms with Gasteiger partial charge in [-0.25, -0.2) is 0 Å². The molecule has 0 amide bonds. The molecule has 1 N–H and O–H groups in total. The van der Waals surface area contributed by atoms with E-state index in [2.05, 4.69) is 37.8 Å². The minimum atomic E-state index is 0.792. The number of nitrogens with one attached hydrogen (secondary N) is 1. The van der Waals surface area contributed by atoms with Crippen LogP contribution in [0.2, 0.25) is 0 Å². The topological polar surface area (TPSA) is 12.0 Å². The van der Waals surface area contributed by atoms with Crippen molar-refractivity contribution in [3.63, 3.8) is 0 Å². The van der Waals surface area contributed by atoms with Crippen LogP contribution in [0.25, 0.3) is 0 Å². The fraction of sp³-hybridized carbons (Fsp3) is 1.00. The molecule has 2 unspecified atom stereocenters. The second kappa shape index (κ2) is 8.41. The third-order valence-corrected chi connectivity index (χ3v) is 5.12. The van der Waals surface area contributed by atoms with Crippen molar-refractivity contribution in [2.24, 2.45) is 11.8 Å². The molecule has 0 spiro atoms. The highest BCUT2D eigenvalue weighted by atomic mass is 32.2. The van der Waals surface area contributed by atoms with Gasteiger partial charge in [0.05, 0.1) is 0 Å². The van der Waals surface area contributed by atoms with Gasteiger partial charge < -0.3 is 5.32 Å². The molecule has 0 saturated carbocycles. The smallest absolute Gasteiger partial charge is 0.0106 e. The van der Waals surface area contributed by atoms with Gasteiger partial charge in [-0.05, 0) is 49.1 Å². The fourth-order valence-electron chi connectivity index (χ4n) is 2.62. The molecule has 1 aliphatic rings. The molecule has 96 valence electrons. The summed E-state index contributed by atoms with van der Waals surface area (Å²) in [5.41, 5.74) is 0. The summed E-state index contributed by atoms with van der Waals surface area (Å²) in [6, 6.07) is 0.792. The molecule has 1 aliphatic heterocycles. The van der Waals surface area contributed by atoms with Crippen LogP contribution in [0.5, 0.6) is 0 Å². The van der Waals surface area contributed by atoms with E-state index in [1.807, 2.05) is 0 Å². The van der Waals surface area contributed by atoms with Crippen LogP contribution in [0.1, 0.15) is 52.9 Å². The summed E-state index contributed by atoms with van der Waals surface area (Å²) in [6.45, 7) is 8.15. The van der Waals surface area contributed by atoms with Gasteiger partial charge in [-0.1, -0.05) is 33.6 Å². The number of rotatable bonds is 8. The van der Waals surface area contributed by atoms with E-state index in [9.17, 15) is 0 Å². The average Bonchev–Trinajstić information content (AvgIpc) is 2.83. The van der Waals surface area contributed by atoms with Crippen molar-refractivity contribution in [1.82, 2.24) is 5.32 Å². The highest BCUT2D eigenvalue weighted by Gasteiger charge is 2.26. The quantitative estimate of drug-likeness (QED) is 0.693. The molecule has 16 heavy (non-hydrogen) atoms. The lowest BCUT2D eigenvalue weighted by atomic mass is 9.87. The molecular weight excluding hydrogens is 214 g/mol. The normalized spacial score (nSPS) is 22.9. The van der Waals surface area contributed by atoms with Crippen LogP contribution in [0.4, 0.5) is 0 Å². The largest absolute Gasteiger partial charge is 0.314 e. The molecular formula is C14H29NS. The SMILES string of the molecule is CCCNC(CC(CC)CC)C1CCSC1. The molecule has 0 aromatic heterocycles. The molecule has 0 radical (unpaired) electrons. The maximum absolute atomic E-state index is 3.80. The Bertz CT molecular complexity index is 162. The van der Waals surface area contributed by atoms with Gasteiger partial charge in [0.1, 0.15) is 0 Å². The van der Waals surface area contributed by atoms with Crippen LogP contribution < -0.4 is 5.32 Å². The Hall–Kier alpha value is 0.310. The van der Waals surface area contributed by atoms with Crippen molar-refractivity contribution in [3.8, 4) is 0 Å². The van der Waals surface area contributed by atoms with Gasteiger partial charge >= 0.3 is 0 Å². The van der Waals surface area contributed by atoms with Crippen molar-refractivity contribution in [1.29, 1.82) is 0 Å². The molecule has 0 bridgehead atoms. The lowest BCUT2D eigenvalue weighted by Crippen LogP contribution is -2.38. The molecule has 0 aromatic rings. The van der Waals surface area contributed by atoms with Gasteiger partial charge in [-0.3, -0.25) is 0 Å². The number of hydrogen-bond acceptors (Lipinski definition) is 2. The number of hydrogen-bond donors (Lipinski definition) is 1. The lowest BCUT2D eigenvalue weighted by molar-refractivity contribution is 0.299. The molecule has 1 heterocycles. The van der Waals surface area contributed by atoms with Crippen LogP contribution in [0.15, 0.2) is 0 Å². The summed E-state index contributed by atoms with van der Waals surface area (Å²) in [5, 5.41) is 3.80. The van der Waals surface area contributed by atoms with E-state index in [4.69, 9.17) is 0 Å². The Balaban J connectivity index is 2.41. The van der Waals surface area contributed by atoms with E-state index in [0.717, 1.165) is 17.9 Å². The van der Waals surface area contributed by atoms with E-state index in [1.165, 1.54) is 50.2 Å². The van der Waals surface area contributed by atoms with E-state index in [1.54, 1.807) is 0 Å². The van der Waals surface area contributed by atoms with Crippen molar-refractivity contribution in [3.05, 3.63) is 0 Å². The summed E-state index contributed by atoms with van der Waals surface area (Å²) in [4.78, 5) is 0. The van der Waals surface area contributed by atoms with Crippen LogP contribution in [-0.2, 0) is 0 Å². The molecule has 2 heteroatoms. The van der Waals surface area contributed by atoms with Gasteiger partial charge in [0.2, 0.25) is 0 Å². The summed E-state index contributed by atoms with van der Waals surface area (Å²) in [5.74, 6) is 4.65. The van der Waals surface area contributed by atoms with E-state index >= 15 is 0 Å². The number of thioether (sulfide) groups is 1. The van der Waals surface area contributed by atoms with Gasteiger partial charge in [-0.2, -0.15) is 11.8 Å².